The van der Waals surface area contributed by atoms with Crippen molar-refractivity contribution in [2.45, 2.75) is 0 Å². The number of phenolic OH excluding ortho intramolecular Hbond substituents is 1. The first-order valence-corrected chi connectivity index (χ1v) is 10.1. The molecule has 3 aromatic rings. The van der Waals surface area contributed by atoms with Gasteiger partial charge in [0.1, 0.15) is 11.5 Å². The number of amides is 1. The van der Waals surface area contributed by atoms with Crippen molar-refractivity contribution >= 4 is 34.0 Å². The van der Waals surface area contributed by atoms with Crippen LogP contribution in [0.2, 0.25) is 0 Å². The Morgan fingerprint density at radius 1 is 0.969 bits per heavy atom. The van der Waals surface area contributed by atoms with E-state index in [9.17, 15) is 14.7 Å². The number of carbonyl (C=O) groups excluding carboxylic acids is 2. The molecule has 0 saturated heterocycles. The zero-order valence-corrected chi connectivity index (χ0v) is 18.8. The summed E-state index contributed by atoms with van der Waals surface area (Å²) in [4.78, 5) is 24.8. The number of esters is 1. The number of hydrogen-bond donors (Lipinski definition) is 2. The fourth-order valence-electron chi connectivity index (χ4n) is 2.72. The van der Waals surface area contributed by atoms with Crippen molar-refractivity contribution in [2.75, 3.05) is 14.2 Å². The van der Waals surface area contributed by atoms with E-state index in [1.54, 1.807) is 42.5 Å². The summed E-state index contributed by atoms with van der Waals surface area (Å²) in [6, 6.07) is 15.7. The normalized spacial score (nSPS) is 10.6. The van der Waals surface area contributed by atoms with Crippen molar-refractivity contribution < 1.29 is 28.9 Å². The number of aromatic hydroxyl groups is 1. The molecule has 2 N–H and O–H groups in total. The molecule has 3 aromatic carbocycles. The molecular weight excluding hydrogens is 480 g/mol. The average Bonchev–Trinajstić information content (AvgIpc) is 2.80. The van der Waals surface area contributed by atoms with Crippen LogP contribution in [0.3, 0.4) is 0 Å². The van der Waals surface area contributed by atoms with Gasteiger partial charge in [0.15, 0.2) is 11.5 Å². The van der Waals surface area contributed by atoms with Gasteiger partial charge in [-0.1, -0.05) is 28.1 Å². The number of nitrogens with zero attached hydrogens (tertiary/aromatic N) is 1. The van der Waals surface area contributed by atoms with Crippen molar-refractivity contribution in [3.8, 4) is 23.0 Å². The van der Waals surface area contributed by atoms with E-state index in [0.29, 0.717) is 17.1 Å². The predicted molar refractivity (Wildman–Crippen MR) is 122 cm³/mol. The highest BCUT2D eigenvalue weighted by molar-refractivity contribution is 9.10. The summed E-state index contributed by atoms with van der Waals surface area (Å²) in [6.07, 6.45) is 1.33. The lowest BCUT2D eigenvalue weighted by Crippen LogP contribution is -2.17. The fourth-order valence-corrected chi connectivity index (χ4v) is 3.10. The zero-order chi connectivity index (χ0) is 23.1. The van der Waals surface area contributed by atoms with E-state index in [2.05, 4.69) is 26.5 Å². The molecule has 3 rings (SSSR count). The van der Waals surface area contributed by atoms with Crippen molar-refractivity contribution in [1.29, 1.82) is 0 Å². The van der Waals surface area contributed by atoms with Crippen molar-refractivity contribution in [3.05, 3.63) is 81.8 Å². The highest BCUT2D eigenvalue weighted by atomic mass is 79.9. The molecule has 9 heteroatoms. The fraction of sp³-hybridized carbons (Fsp3) is 0.0870. The van der Waals surface area contributed by atoms with E-state index in [4.69, 9.17) is 14.2 Å². The molecule has 0 heterocycles. The van der Waals surface area contributed by atoms with Gasteiger partial charge in [0.2, 0.25) is 0 Å². The summed E-state index contributed by atoms with van der Waals surface area (Å²) in [5, 5.41) is 13.7. The molecule has 0 aromatic heterocycles. The van der Waals surface area contributed by atoms with E-state index >= 15 is 0 Å². The molecule has 32 heavy (non-hydrogen) atoms. The molecule has 1 amide bonds. The standard InChI is InChI=1S/C23H19BrN2O6/c1-30-20-9-7-14(12-21(20)31-2)23(29)32-19-10-8-16(24)11-15(19)13-25-26-22(28)17-5-3-4-6-18(17)27/h3-13,27H,1-2H3,(H,26,28)/b25-13-. The molecule has 0 saturated carbocycles. The number of rotatable bonds is 7. The third kappa shape index (κ3) is 5.44. The van der Waals surface area contributed by atoms with Crippen LogP contribution in [0.15, 0.2) is 70.2 Å². The van der Waals surface area contributed by atoms with Crippen LogP contribution in [0.5, 0.6) is 23.0 Å². The number of methoxy groups -OCH3 is 2. The number of halogens is 1. The second-order valence-electron chi connectivity index (χ2n) is 6.36. The molecule has 0 bridgehead atoms. The first-order valence-electron chi connectivity index (χ1n) is 9.28. The largest absolute Gasteiger partial charge is 0.507 e. The Bertz CT molecular complexity index is 1180. The second kappa shape index (κ2) is 10.5. The van der Waals surface area contributed by atoms with Crippen LogP contribution >= 0.6 is 15.9 Å². The highest BCUT2D eigenvalue weighted by Crippen LogP contribution is 2.29. The monoisotopic (exact) mass is 498 g/mol. The third-order valence-corrected chi connectivity index (χ3v) is 4.81. The molecular formula is C23H19BrN2O6. The minimum Gasteiger partial charge on any atom is -0.507 e. The van der Waals surface area contributed by atoms with Crippen LogP contribution in [0.4, 0.5) is 0 Å². The summed E-state index contributed by atoms with van der Waals surface area (Å²) in [5.74, 6) is -0.243. The van der Waals surface area contributed by atoms with Crippen LogP contribution in [-0.4, -0.2) is 37.4 Å². The molecule has 8 nitrogen and oxygen atoms in total. The predicted octanol–water partition coefficient (Wildman–Crippen LogP) is 4.16. The van der Waals surface area contributed by atoms with Crippen LogP contribution in [0.25, 0.3) is 0 Å². The highest BCUT2D eigenvalue weighted by Gasteiger charge is 2.15. The van der Waals surface area contributed by atoms with Crippen LogP contribution in [-0.2, 0) is 0 Å². The lowest BCUT2D eigenvalue weighted by atomic mass is 10.2. The van der Waals surface area contributed by atoms with Gasteiger partial charge in [-0.3, -0.25) is 4.79 Å². The topological polar surface area (TPSA) is 106 Å². The Morgan fingerprint density at radius 3 is 2.41 bits per heavy atom. The van der Waals surface area contributed by atoms with Crippen LogP contribution in [0.1, 0.15) is 26.3 Å². The lowest BCUT2D eigenvalue weighted by molar-refractivity contribution is 0.0733. The maximum Gasteiger partial charge on any atom is 0.343 e. The van der Waals surface area contributed by atoms with Gasteiger partial charge in [-0.05, 0) is 48.5 Å². The second-order valence-corrected chi connectivity index (χ2v) is 7.27. The number of hydrogen-bond acceptors (Lipinski definition) is 7. The summed E-state index contributed by atoms with van der Waals surface area (Å²) < 4.78 is 16.6. The van der Waals surface area contributed by atoms with E-state index in [1.165, 1.54) is 38.6 Å². The molecule has 0 unspecified atom stereocenters. The third-order valence-electron chi connectivity index (χ3n) is 4.31. The van der Waals surface area contributed by atoms with E-state index in [-0.39, 0.29) is 22.6 Å². The number of phenols is 1. The van der Waals surface area contributed by atoms with Gasteiger partial charge in [0.05, 0.1) is 31.6 Å². The molecule has 0 aliphatic rings. The molecule has 0 aliphatic carbocycles. The smallest absolute Gasteiger partial charge is 0.343 e. The summed E-state index contributed by atoms with van der Waals surface area (Å²) in [6.45, 7) is 0. The number of ether oxygens (including phenoxy) is 3. The maximum atomic E-state index is 12.7. The Labute approximate surface area is 192 Å². The van der Waals surface area contributed by atoms with Crippen LogP contribution < -0.4 is 19.6 Å². The Morgan fingerprint density at radius 2 is 1.69 bits per heavy atom. The number of benzene rings is 3. The van der Waals surface area contributed by atoms with Crippen LogP contribution in [0, 0.1) is 0 Å². The maximum absolute atomic E-state index is 12.7. The molecule has 0 fully saturated rings. The van der Waals surface area contributed by atoms with E-state index < -0.39 is 11.9 Å². The number of para-hydroxylation sites is 1. The van der Waals surface area contributed by atoms with E-state index in [0.717, 1.165) is 4.47 Å². The summed E-state index contributed by atoms with van der Waals surface area (Å²) >= 11 is 3.36. The number of carbonyl (C=O) groups is 2. The Hall–Kier alpha value is -3.85. The first-order chi connectivity index (χ1) is 15.4. The van der Waals surface area contributed by atoms with Crippen molar-refractivity contribution in [1.82, 2.24) is 5.43 Å². The first kappa shape index (κ1) is 22.8. The lowest BCUT2D eigenvalue weighted by Gasteiger charge is -2.11. The van der Waals surface area contributed by atoms with Crippen molar-refractivity contribution in [3.63, 3.8) is 0 Å². The summed E-state index contributed by atoms with van der Waals surface area (Å²) in [7, 11) is 2.97. The van der Waals surface area contributed by atoms with Gasteiger partial charge in [0, 0.05) is 10.0 Å². The average molecular weight is 499 g/mol. The van der Waals surface area contributed by atoms with Gasteiger partial charge in [-0.25, -0.2) is 10.2 Å². The van der Waals surface area contributed by atoms with Gasteiger partial charge in [-0.15, -0.1) is 0 Å². The van der Waals surface area contributed by atoms with E-state index in [1.807, 2.05) is 0 Å². The quantitative estimate of drug-likeness (QED) is 0.219. The SMILES string of the molecule is COc1ccc(C(=O)Oc2ccc(Br)cc2/C=N\NC(=O)c2ccccc2O)cc1OC. The Kier molecular flexibility index (Phi) is 7.45. The number of hydrazone groups is 1. The molecule has 0 atom stereocenters. The van der Waals surface area contributed by atoms with Gasteiger partial charge in [-0.2, -0.15) is 5.10 Å². The van der Waals surface area contributed by atoms with Gasteiger partial charge < -0.3 is 19.3 Å². The van der Waals surface area contributed by atoms with Crippen molar-refractivity contribution in [2.24, 2.45) is 5.10 Å². The van der Waals surface area contributed by atoms with Gasteiger partial charge >= 0.3 is 5.97 Å². The van der Waals surface area contributed by atoms with Gasteiger partial charge in [0.25, 0.3) is 5.91 Å². The Balaban J connectivity index is 1.78. The number of nitrogens with one attached hydrogen (secondary N) is 1. The molecule has 0 spiro atoms. The molecule has 0 radical (unpaired) electrons. The minimum atomic E-state index is -0.610. The summed E-state index contributed by atoms with van der Waals surface area (Å²) in [5.41, 5.74) is 3.12. The molecule has 0 aliphatic heterocycles. The minimum absolute atomic E-state index is 0.0824. The zero-order valence-electron chi connectivity index (χ0n) is 17.2. The molecule has 164 valence electrons.